The van der Waals surface area contributed by atoms with Gasteiger partial charge in [0, 0.05) is 25.1 Å². The average molecular weight is 285 g/mol. The minimum absolute atomic E-state index is 0.00139. The molecule has 0 saturated carbocycles. The van der Waals surface area contributed by atoms with Gasteiger partial charge < -0.3 is 14.7 Å². The fourth-order valence-electron chi connectivity index (χ4n) is 2.95. The Labute approximate surface area is 123 Å². The molecule has 0 radical (unpaired) electrons. The maximum atomic E-state index is 12.5. The van der Waals surface area contributed by atoms with E-state index < -0.39 is 0 Å². The normalized spacial score (nSPS) is 22.4. The second-order valence-corrected chi connectivity index (χ2v) is 5.66. The SMILES string of the molecule is Cc1cc(NC(=O)C2CN(C)CC2c2ccccc2)no1. The molecule has 0 aliphatic carbocycles. The lowest BCUT2D eigenvalue weighted by molar-refractivity contribution is -0.119. The van der Waals surface area contributed by atoms with Gasteiger partial charge in [0.05, 0.1) is 5.92 Å². The van der Waals surface area contributed by atoms with Crippen molar-refractivity contribution in [3.8, 4) is 0 Å². The third-order valence-electron chi connectivity index (χ3n) is 3.95. The number of nitrogens with zero attached hydrogens (tertiary/aromatic N) is 2. The molecule has 3 rings (SSSR count). The Morgan fingerprint density at radius 3 is 2.76 bits per heavy atom. The average Bonchev–Trinajstić information content (AvgIpc) is 3.06. The van der Waals surface area contributed by atoms with Crippen LogP contribution in [-0.2, 0) is 4.79 Å². The number of amides is 1. The molecule has 1 fully saturated rings. The van der Waals surface area contributed by atoms with E-state index in [-0.39, 0.29) is 17.7 Å². The van der Waals surface area contributed by atoms with Crippen molar-refractivity contribution in [2.24, 2.45) is 5.92 Å². The number of anilines is 1. The summed E-state index contributed by atoms with van der Waals surface area (Å²) in [6.45, 7) is 3.45. The van der Waals surface area contributed by atoms with Crippen LogP contribution in [0.2, 0.25) is 0 Å². The molecule has 1 aromatic heterocycles. The molecule has 5 nitrogen and oxygen atoms in total. The summed E-state index contributed by atoms with van der Waals surface area (Å²) < 4.78 is 4.99. The number of nitrogens with one attached hydrogen (secondary N) is 1. The van der Waals surface area contributed by atoms with Gasteiger partial charge in [-0.1, -0.05) is 35.5 Å². The zero-order chi connectivity index (χ0) is 14.8. The molecule has 2 atom stereocenters. The number of aromatic nitrogens is 1. The summed E-state index contributed by atoms with van der Waals surface area (Å²) in [6, 6.07) is 11.9. The molecular formula is C16H19N3O2. The van der Waals surface area contributed by atoms with Gasteiger partial charge in [0.15, 0.2) is 5.82 Å². The van der Waals surface area contributed by atoms with Gasteiger partial charge in [0.2, 0.25) is 5.91 Å². The van der Waals surface area contributed by atoms with E-state index in [1.807, 2.05) is 25.2 Å². The van der Waals surface area contributed by atoms with E-state index in [0.717, 1.165) is 13.1 Å². The largest absolute Gasteiger partial charge is 0.360 e. The highest BCUT2D eigenvalue weighted by Crippen LogP contribution is 2.32. The van der Waals surface area contributed by atoms with Gasteiger partial charge in [0.1, 0.15) is 5.76 Å². The van der Waals surface area contributed by atoms with Crippen LogP contribution >= 0.6 is 0 Å². The number of aryl methyl sites for hydroxylation is 1. The molecule has 1 aromatic carbocycles. The predicted octanol–water partition coefficient (Wildman–Crippen LogP) is 2.27. The first-order valence-electron chi connectivity index (χ1n) is 7.11. The van der Waals surface area contributed by atoms with Crippen molar-refractivity contribution >= 4 is 11.7 Å². The number of hydrogen-bond acceptors (Lipinski definition) is 4. The molecule has 2 heterocycles. The Kier molecular flexibility index (Phi) is 3.75. The zero-order valence-corrected chi connectivity index (χ0v) is 12.2. The Bertz CT molecular complexity index is 623. The molecule has 110 valence electrons. The first-order chi connectivity index (χ1) is 10.1. The van der Waals surface area contributed by atoms with Crippen molar-refractivity contribution in [3.05, 3.63) is 47.7 Å². The van der Waals surface area contributed by atoms with Crippen LogP contribution in [-0.4, -0.2) is 36.1 Å². The van der Waals surface area contributed by atoms with E-state index >= 15 is 0 Å². The van der Waals surface area contributed by atoms with Crippen molar-refractivity contribution in [2.75, 3.05) is 25.5 Å². The fraction of sp³-hybridized carbons (Fsp3) is 0.375. The van der Waals surface area contributed by atoms with Crippen LogP contribution in [0.1, 0.15) is 17.2 Å². The van der Waals surface area contributed by atoms with Crippen LogP contribution < -0.4 is 5.32 Å². The number of likely N-dealkylation sites (N-methyl/N-ethyl adjacent to an activating group) is 1. The molecule has 1 aliphatic rings. The highest BCUT2D eigenvalue weighted by molar-refractivity contribution is 5.92. The van der Waals surface area contributed by atoms with E-state index in [9.17, 15) is 4.79 Å². The maximum Gasteiger partial charge on any atom is 0.230 e. The van der Waals surface area contributed by atoms with Crippen molar-refractivity contribution in [1.29, 1.82) is 0 Å². The summed E-state index contributed by atoms with van der Waals surface area (Å²) in [5.74, 6) is 1.31. The zero-order valence-electron chi connectivity index (χ0n) is 12.2. The summed E-state index contributed by atoms with van der Waals surface area (Å²) in [5.41, 5.74) is 1.21. The Morgan fingerprint density at radius 2 is 2.10 bits per heavy atom. The van der Waals surface area contributed by atoms with Gasteiger partial charge in [-0.05, 0) is 19.5 Å². The third kappa shape index (κ3) is 2.97. The lowest BCUT2D eigenvalue weighted by Crippen LogP contribution is -2.28. The van der Waals surface area contributed by atoms with Crippen molar-refractivity contribution in [1.82, 2.24) is 10.1 Å². The summed E-state index contributed by atoms with van der Waals surface area (Å²) in [5, 5.41) is 6.68. The van der Waals surface area contributed by atoms with Crippen molar-refractivity contribution < 1.29 is 9.32 Å². The van der Waals surface area contributed by atoms with Crippen molar-refractivity contribution in [2.45, 2.75) is 12.8 Å². The highest BCUT2D eigenvalue weighted by Gasteiger charge is 2.37. The molecule has 1 saturated heterocycles. The number of likely N-dealkylation sites (tertiary alicyclic amines) is 1. The van der Waals surface area contributed by atoms with E-state index in [4.69, 9.17) is 4.52 Å². The summed E-state index contributed by atoms with van der Waals surface area (Å²) >= 11 is 0. The molecule has 5 heteroatoms. The highest BCUT2D eigenvalue weighted by atomic mass is 16.5. The Hall–Kier alpha value is -2.14. The smallest absolute Gasteiger partial charge is 0.230 e. The summed E-state index contributed by atoms with van der Waals surface area (Å²) in [4.78, 5) is 14.7. The molecule has 1 N–H and O–H groups in total. The maximum absolute atomic E-state index is 12.5. The van der Waals surface area contributed by atoms with Gasteiger partial charge in [-0.3, -0.25) is 4.79 Å². The van der Waals surface area contributed by atoms with Crippen molar-refractivity contribution in [3.63, 3.8) is 0 Å². The topological polar surface area (TPSA) is 58.4 Å². The number of hydrogen-bond donors (Lipinski definition) is 1. The fourth-order valence-corrected chi connectivity index (χ4v) is 2.95. The number of carbonyl (C=O) groups excluding carboxylic acids is 1. The molecule has 21 heavy (non-hydrogen) atoms. The molecule has 1 amide bonds. The minimum atomic E-state index is -0.0746. The molecule has 0 bridgehead atoms. The second kappa shape index (κ2) is 5.69. The van der Waals surface area contributed by atoms with Gasteiger partial charge in [-0.15, -0.1) is 0 Å². The third-order valence-corrected chi connectivity index (χ3v) is 3.95. The van der Waals surface area contributed by atoms with Gasteiger partial charge in [-0.2, -0.15) is 0 Å². The van der Waals surface area contributed by atoms with Crippen LogP contribution in [0.15, 0.2) is 40.9 Å². The lowest BCUT2D eigenvalue weighted by Gasteiger charge is -2.17. The van der Waals surface area contributed by atoms with E-state index in [1.165, 1.54) is 5.56 Å². The predicted molar refractivity (Wildman–Crippen MR) is 80.0 cm³/mol. The van der Waals surface area contributed by atoms with Crippen LogP contribution in [0, 0.1) is 12.8 Å². The monoisotopic (exact) mass is 285 g/mol. The van der Waals surface area contributed by atoms with Gasteiger partial charge in [0.25, 0.3) is 0 Å². The standard InChI is InChI=1S/C16H19N3O2/c1-11-8-15(18-21-11)17-16(20)14-10-19(2)9-13(14)12-6-4-3-5-7-12/h3-8,13-14H,9-10H2,1-2H3,(H,17,18,20). The molecule has 2 aromatic rings. The Morgan fingerprint density at radius 1 is 1.33 bits per heavy atom. The first kappa shape index (κ1) is 13.8. The first-order valence-corrected chi connectivity index (χ1v) is 7.11. The van der Waals surface area contributed by atoms with E-state index in [0.29, 0.717) is 11.6 Å². The molecular weight excluding hydrogens is 266 g/mol. The second-order valence-electron chi connectivity index (χ2n) is 5.66. The minimum Gasteiger partial charge on any atom is -0.360 e. The number of carbonyl (C=O) groups is 1. The molecule has 1 aliphatic heterocycles. The van der Waals surface area contributed by atoms with Crippen LogP contribution in [0.25, 0.3) is 0 Å². The van der Waals surface area contributed by atoms with Gasteiger partial charge in [-0.25, -0.2) is 0 Å². The number of benzene rings is 1. The number of rotatable bonds is 3. The summed E-state index contributed by atoms with van der Waals surface area (Å²) in [6.07, 6.45) is 0. The van der Waals surface area contributed by atoms with E-state index in [2.05, 4.69) is 27.5 Å². The van der Waals surface area contributed by atoms with Crippen LogP contribution in [0.3, 0.4) is 0 Å². The molecule has 0 spiro atoms. The molecule has 2 unspecified atom stereocenters. The van der Waals surface area contributed by atoms with Gasteiger partial charge >= 0.3 is 0 Å². The van der Waals surface area contributed by atoms with Crippen LogP contribution in [0.5, 0.6) is 0 Å². The van der Waals surface area contributed by atoms with Crippen LogP contribution in [0.4, 0.5) is 5.82 Å². The lowest BCUT2D eigenvalue weighted by atomic mass is 9.88. The quantitative estimate of drug-likeness (QED) is 0.940. The summed E-state index contributed by atoms with van der Waals surface area (Å²) in [7, 11) is 2.05. The Balaban J connectivity index is 1.77. The van der Waals surface area contributed by atoms with E-state index in [1.54, 1.807) is 13.0 Å².